The number of hydrogen-bond acceptors (Lipinski definition) is 3. The standard InChI is InChI=1S/C11H13BrN2O4/c1-6-4-7(12)2-3-8(6)14-11(18)13-5-9(15)10(16)17/h2-4,9,15H,5H2,1H3,(H,16,17)(H2,13,14,18)/t9-/m0/s1. The molecule has 0 spiro atoms. The first-order chi connectivity index (χ1) is 8.40. The normalized spacial score (nSPS) is 11.7. The molecule has 0 fully saturated rings. The van der Waals surface area contributed by atoms with Crippen LogP contribution in [0.3, 0.4) is 0 Å². The Kier molecular flexibility index (Phi) is 5.11. The van der Waals surface area contributed by atoms with Gasteiger partial charge in [0.15, 0.2) is 6.10 Å². The third-order valence-corrected chi connectivity index (χ3v) is 2.67. The molecule has 4 N–H and O–H groups in total. The quantitative estimate of drug-likeness (QED) is 0.673. The summed E-state index contributed by atoms with van der Waals surface area (Å²) in [5, 5.41) is 22.2. The number of halogens is 1. The fourth-order valence-electron chi connectivity index (χ4n) is 1.21. The topological polar surface area (TPSA) is 98.7 Å². The number of carboxylic acid groups (broad SMARTS) is 1. The number of rotatable bonds is 4. The van der Waals surface area contributed by atoms with Crippen molar-refractivity contribution in [1.29, 1.82) is 0 Å². The smallest absolute Gasteiger partial charge is 0.334 e. The average Bonchev–Trinajstić information content (AvgIpc) is 2.29. The Morgan fingerprint density at radius 1 is 1.44 bits per heavy atom. The molecule has 2 amide bonds. The Balaban J connectivity index is 2.52. The summed E-state index contributed by atoms with van der Waals surface area (Å²) in [7, 11) is 0. The molecule has 0 aliphatic heterocycles. The van der Waals surface area contributed by atoms with Crippen molar-refractivity contribution in [2.24, 2.45) is 0 Å². The van der Waals surface area contributed by atoms with E-state index in [0.717, 1.165) is 10.0 Å². The summed E-state index contributed by atoms with van der Waals surface area (Å²) in [6.45, 7) is 1.48. The summed E-state index contributed by atoms with van der Waals surface area (Å²) in [5.41, 5.74) is 1.47. The van der Waals surface area contributed by atoms with E-state index in [1.807, 2.05) is 13.0 Å². The first-order valence-corrected chi connectivity index (χ1v) is 5.91. The molecule has 1 rings (SSSR count). The SMILES string of the molecule is Cc1cc(Br)ccc1NC(=O)NC[C@H](O)C(=O)O. The number of amides is 2. The zero-order valence-corrected chi connectivity index (χ0v) is 11.2. The van der Waals surface area contributed by atoms with E-state index in [1.54, 1.807) is 12.1 Å². The maximum absolute atomic E-state index is 11.4. The minimum atomic E-state index is -1.61. The number of aliphatic hydroxyl groups is 1. The second kappa shape index (κ2) is 6.36. The van der Waals surface area contributed by atoms with Crippen LogP contribution < -0.4 is 10.6 Å². The Morgan fingerprint density at radius 3 is 2.67 bits per heavy atom. The molecule has 0 saturated heterocycles. The van der Waals surface area contributed by atoms with Gasteiger partial charge in [-0.05, 0) is 30.7 Å². The molecule has 0 bridgehead atoms. The summed E-state index contributed by atoms with van der Waals surface area (Å²) in [5.74, 6) is -1.38. The number of urea groups is 1. The highest BCUT2D eigenvalue weighted by Gasteiger charge is 2.14. The van der Waals surface area contributed by atoms with Gasteiger partial charge in [0.25, 0.3) is 0 Å². The molecule has 0 unspecified atom stereocenters. The molecule has 98 valence electrons. The molecular formula is C11H13BrN2O4. The molecule has 18 heavy (non-hydrogen) atoms. The van der Waals surface area contributed by atoms with E-state index in [4.69, 9.17) is 10.2 Å². The molecule has 7 heteroatoms. The van der Waals surface area contributed by atoms with Crippen LogP contribution in [0.1, 0.15) is 5.56 Å². The van der Waals surface area contributed by atoms with Crippen LogP contribution in [0, 0.1) is 6.92 Å². The van der Waals surface area contributed by atoms with Crippen molar-refractivity contribution in [2.75, 3.05) is 11.9 Å². The van der Waals surface area contributed by atoms with Gasteiger partial charge >= 0.3 is 12.0 Å². The molecule has 0 aromatic heterocycles. The zero-order valence-electron chi connectivity index (χ0n) is 9.61. The van der Waals surface area contributed by atoms with E-state index < -0.39 is 18.1 Å². The number of carbonyl (C=O) groups excluding carboxylic acids is 1. The van der Waals surface area contributed by atoms with Gasteiger partial charge in [0.1, 0.15) is 0 Å². The molecule has 1 atom stereocenters. The van der Waals surface area contributed by atoms with Crippen LogP contribution in [0.15, 0.2) is 22.7 Å². The minimum absolute atomic E-state index is 0.350. The van der Waals surface area contributed by atoms with Gasteiger partial charge in [0, 0.05) is 10.2 Å². The summed E-state index contributed by atoms with van der Waals surface area (Å²) in [4.78, 5) is 21.8. The van der Waals surface area contributed by atoms with Crippen molar-refractivity contribution >= 4 is 33.6 Å². The van der Waals surface area contributed by atoms with Crippen LogP contribution in [0.4, 0.5) is 10.5 Å². The lowest BCUT2D eigenvalue weighted by molar-refractivity contribution is -0.146. The highest BCUT2D eigenvalue weighted by Crippen LogP contribution is 2.19. The largest absolute Gasteiger partial charge is 0.479 e. The zero-order chi connectivity index (χ0) is 13.7. The van der Waals surface area contributed by atoms with E-state index in [2.05, 4.69) is 26.6 Å². The van der Waals surface area contributed by atoms with Crippen LogP contribution in [0.2, 0.25) is 0 Å². The van der Waals surface area contributed by atoms with Gasteiger partial charge < -0.3 is 20.8 Å². The van der Waals surface area contributed by atoms with Crippen molar-refractivity contribution in [1.82, 2.24) is 5.32 Å². The molecule has 0 heterocycles. The molecule has 6 nitrogen and oxygen atoms in total. The Labute approximate surface area is 112 Å². The summed E-state index contributed by atoms with van der Waals surface area (Å²) >= 11 is 3.30. The number of aryl methyl sites for hydroxylation is 1. The Hall–Kier alpha value is -1.60. The highest BCUT2D eigenvalue weighted by atomic mass is 79.9. The first kappa shape index (κ1) is 14.5. The van der Waals surface area contributed by atoms with Gasteiger partial charge in [-0.2, -0.15) is 0 Å². The molecule has 1 aromatic rings. The van der Waals surface area contributed by atoms with Crippen LogP contribution >= 0.6 is 15.9 Å². The van der Waals surface area contributed by atoms with Gasteiger partial charge in [-0.3, -0.25) is 0 Å². The number of anilines is 1. The van der Waals surface area contributed by atoms with Crippen molar-refractivity contribution in [2.45, 2.75) is 13.0 Å². The Bertz CT molecular complexity index is 464. The molecule has 0 saturated carbocycles. The van der Waals surface area contributed by atoms with Gasteiger partial charge in [-0.1, -0.05) is 15.9 Å². The molecule has 0 aliphatic rings. The van der Waals surface area contributed by atoms with Crippen molar-refractivity contribution in [3.63, 3.8) is 0 Å². The molecule has 0 aliphatic carbocycles. The van der Waals surface area contributed by atoms with Crippen molar-refractivity contribution in [3.05, 3.63) is 28.2 Å². The van der Waals surface area contributed by atoms with E-state index in [-0.39, 0.29) is 6.54 Å². The maximum Gasteiger partial charge on any atom is 0.334 e. The molecule has 1 aromatic carbocycles. The van der Waals surface area contributed by atoms with Crippen molar-refractivity contribution in [3.8, 4) is 0 Å². The number of aliphatic hydroxyl groups excluding tert-OH is 1. The number of carbonyl (C=O) groups is 2. The second-order valence-corrected chi connectivity index (χ2v) is 4.56. The van der Waals surface area contributed by atoms with Gasteiger partial charge in [-0.15, -0.1) is 0 Å². The lowest BCUT2D eigenvalue weighted by Gasteiger charge is -2.11. The highest BCUT2D eigenvalue weighted by molar-refractivity contribution is 9.10. The predicted octanol–water partition coefficient (Wildman–Crippen LogP) is 1.32. The van der Waals surface area contributed by atoms with E-state index in [9.17, 15) is 9.59 Å². The summed E-state index contributed by atoms with van der Waals surface area (Å²) in [6.07, 6.45) is -1.61. The third-order valence-electron chi connectivity index (χ3n) is 2.18. The average molecular weight is 317 g/mol. The fraction of sp³-hybridized carbons (Fsp3) is 0.273. The van der Waals surface area contributed by atoms with Gasteiger partial charge in [-0.25, -0.2) is 9.59 Å². The maximum atomic E-state index is 11.4. The lowest BCUT2D eigenvalue weighted by Crippen LogP contribution is -2.38. The van der Waals surface area contributed by atoms with Crippen molar-refractivity contribution < 1.29 is 19.8 Å². The summed E-state index contributed by atoms with van der Waals surface area (Å²) < 4.78 is 0.896. The van der Waals surface area contributed by atoms with Crippen LogP contribution in [0.25, 0.3) is 0 Å². The van der Waals surface area contributed by atoms with Crippen LogP contribution in [-0.4, -0.2) is 34.9 Å². The fourth-order valence-corrected chi connectivity index (χ4v) is 1.69. The number of nitrogens with one attached hydrogen (secondary N) is 2. The van der Waals surface area contributed by atoms with Crippen LogP contribution in [0.5, 0.6) is 0 Å². The lowest BCUT2D eigenvalue weighted by atomic mass is 10.2. The number of aliphatic carboxylic acids is 1. The molecular weight excluding hydrogens is 304 g/mol. The van der Waals surface area contributed by atoms with Crippen LogP contribution in [-0.2, 0) is 4.79 Å². The number of benzene rings is 1. The second-order valence-electron chi connectivity index (χ2n) is 3.65. The first-order valence-electron chi connectivity index (χ1n) is 5.12. The minimum Gasteiger partial charge on any atom is -0.479 e. The number of hydrogen-bond donors (Lipinski definition) is 4. The molecule has 0 radical (unpaired) electrons. The van der Waals surface area contributed by atoms with E-state index in [1.165, 1.54) is 0 Å². The summed E-state index contributed by atoms with van der Waals surface area (Å²) in [6, 6.07) is 4.75. The van der Waals surface area contributed by atoms with Gasteiger partial charge in [0.05, 0.1) is 6.54 Å². The van der Waals surface area contributed by atoms with E-state index in [0.29, 0.717) is 5.69 Å². The van der Waals surface area contributed by atoms with Gasteiger partial charge in [0.2, 0.25) is 0 Å². The van der Waals surface area contributed by atoms with E-state index >= 15 is 0 Å². The third kappa shape index (κ3) is 4.34. The predicted molar refractivity (Wildman–Crippen MR) is 69.5 cm³/mol. The Morgan fingerprint density at radius 2 is 2.11 bits per heavy atom. The monoisotopic (exact) mass is 316 g/mol. The number of carboxylic acids is 1.